The smallest absolute Gasteiger partial charge is 0.435 e. The molecular weight excluding hydrogens is 581 g/mol. The van der Waals surface area contributed by atoms with E-state index in [1.165, 1.54) is 0 Å². The van der Waals surface area contributed by atoms with Gasteiger partial charge in [0, 0.05) is 24.7 Å². The molecule has 43 heavy (non-hydrogen) atoms. The van der Waals surface area contributed by atoms with Gasteiger partial charge in [0.15, 0.2) is 5.69 Å². The van der Waals surface area contributed by atoms with Gasteiger partial charge >= 0.3 is 6.18 Å². The van der Waals surface area contributed by atoms with Crippen molar-refractivity contribution < 1.29 is 31.1 Å². The maximum atomic E-state index is 13.3. The minimum atomic E-state index is -4.57. The molecule has 1 aromatic heterocycles. The highest BCUT2D eigenvalue weighted by Gasteiger charge is 2.33. The van der Waals surface area contributed by atoms with Gasteiger partial charge in [-0.05, 0) is 72.7 Å². The quantitative estimate of drug-likeness (QED) is 0.243. The largest absolute Gasteiger partial charge is 0.438 e. The van der Waals surface area contributed by atoms with E-state index in [0.717, 1.165) is 30.5 Å². The fourth-order valence-electron chi connectivity index (χ4n) is 4.92. The first-order valence-electron chi connectivity index (χ1n) is 13.6. The topological polar surface area (TPSA) is 101 Å². The molecule has 1 N–H and O–H groups in total. The lowest BCUT2D eigenvalue weighted by atomic mass is 9.89. The summed E-state index contributed by atoms with van der Waals surface area (Å²) < 4.78 is 71.7. The number of carbonyl (C=O) groups excluding carboxylic acids is 1. The Bertz CT molecular complexity index is 1670. The zero-order chi connectivity index (χ0) is 30.6. The Hall–Kier alpha value is -4.45. The standard InChI is InChI=1S/C31H29F3N4O4S/c1-21-7-8-25(19-27(21)37-43(40,41)20-22-5-3-2-4-6-22)30(39)38-17-15-24(16-18-38)23-9-11-26(12-10-23)42-29-14-13-28(35-36-29)31(32,33)34/h2-14,19,24,37H,15-18,20H2,1H3. The third-order valence-electron chi connectivity index (χ3n) is 7.24. The van der Waals surface area contributed by atoms with Crippen molar-refractivity contribution >= 4 is 21.6 Å². The summed E-state index contributed by atoms with van der Waals surface area (Å²) >= 11 is 0. The maximum absolute atomic E-state index is 13.3. The van der Waals surface area contributed by atoms with Crippen LogP contribution in [0.15, 0.2) is 84.9 Å². The van der Waals surface area contributed by atoms with E-state index in [4.69, 9.17) is 4.74 Å². The molecule has 1 amide bonds. The Morgan fingerprint density at radius 2 is 1.65 bits per heavy atom. The van der Waals surface area contributed by atoms with Crippen molar-refractivity contribution in [2.75, 3.05) is 17.8 Å². The number of amides is 1. The molecule has 0 aliphatic carbocycles. The van der Waals surface area contributed by atoms with E-state index < -0.39 is 21.9 Å². The Kier molecular flexibility index (Phi) is 8.67. The van der Waals surface area contributed by atoms with Crippen molar-refractivity contribution in [3.05, 3.63) is 113 Å². The fourth-order valence-corrected chi connectivity index (χ4v) is 6.17. The second-order valence-corrected chi connectivity index (χ2v) is 12.1. The number of halogens is 3. The molecule has 8 nitrogen and oxygen atoms in total. The Labute approximate surface area is 247 Å². The molecule has 0 saturated carbocycles. The molecule has 0 atom stereocenters. The van der Waals surface area contributed by atoms with Crippen LogP contribution in [0.4, 0.5) is 18.9 Å². The highest BCUT2D eigenvalue weighted by Crippen LogP contribution is 2.32. The first-order valence-corrected chi connectivity index (χ1v) is 15.3. The van der Waals surface area contributed by atoms with Crippen LogP contribution in [0.3, 0.4) is 0 Å². The van der Waals surface area contributed by atoms with Crippen molar-refractivity contribution in [2.45, 2.75) is 37.6 Å². The highest BCUT2D eigenvalue weighted by atomic mass is 32.2. The summed E-state index contributed by atoms with van der Waals surface area (Å²) in [6.07, 6.45) is -3.10. The summed E-state index contributed by atoms with van der Waals surface area (Å²) in [4.78, 5) is 15.1. The molecule has 1 aliphatic heterocycles. The molecule has 2 heterocycles. The van der Waals surface area contributed by atoms with E-state index in [1.54, 1.807) is 66.4 Å². The SMILES string of the molecule is Cc1ccc(C(=O)N2CCC(c3ccc(Oc4ccc(C(F)(F)F)nn4)cc3)CC2)cc1NS(=O)(=O)Cc1ccccc1. The number of nitrogens with zero attached hydrogens (tertiary/aromatic N) is 3. The number of carbonyl (C=O) groups is 1. The zero-order valence-corrected chi connectivity index (χ0v) is 24.0. The van der Waals surface area contributed by atoms with E-state index >= 15 is 0 Å². The first-order chi connectivity index (χ1) is 20.5. The van der Waals surface area contributed by atoms with Crippen LogP contribution in [0, 0.1) is 6.92 Å². The number of anilines is 1. The van der Waals surface area contributed by atoms with Gasteiger partial charge in [-0.15, -0.1) is 10.2 Å². The maximum Gasteiger partial charge on any atom is 0.435 e. The van der Waals surface area contributed by atoms with Crippen LogP contribution in [0.25, 0.3) is 0 Å². The highest BCUT2D eigenvalue weighted by molar-refractivity contribution is 7.91. The fraction of sp³-hybridized carbons (Fsp3) is 0.258. The van der Waals surface area contributed by atoms with Crippen LogP contribution in [0.1, 0.15) is 51.5 Å². The molecule has 3 aromatic carbocycles. The Balaban J connectivity index is 1.17. The van der Waals surface area contributed by atoms with E-state index in [-0.39, 0.29) is 23.5 Å². The lowest BCUT2D eigenvalue weighted by Crippen LogP contribution is -2.38. The van der Waals surface area contributed by atoms with Crippen LogP contribution >= 0.6 is 0 Å². The van der Waals surface area contributed by atoms with E-state index in [9.17, 15) is 26.4 Å². The third kappa shape index (κ3) is 7.69. The van der Waals surface area contributed by atoms with E-state index in [1.807, 2.05) is 18.2 Å². The predicted molar refractivity (Wildman–Crippen MR) is 155 cm³/mol. The molecule has 0 spiro atoms. The minimum absolute atomic E-state index is 0.0455. The zero-order valence-electron chi connectivity index (χ0n) is 23.2. The second kappa shape index (κ2) is 12.4. The molecule has 224 valence electrons. The van der Waals surface area contributed by atoms with Crippen LogP contribution in [-0.4, -0.2) is 42.5 Å². The number of rotatable bonds is 8. The average molecular weight is 611 g/mol. The molecule has 1 aliphatic rings. The number of hydrogen-bond donors (Lipinski definition) is 1. The van der Waals surface area contributed by atoms with E-state index in [2.05, 4.69) is 14.9 Å². The van der Waals surface area contributed by atoms with Gasteiger partial charge in [-0.25, -0.2) is 8.42 Å². The van der Waals surface area contributed by atoms with Crippen LogP contribution in [-0.2, 0) is 22.0 Å². The van der Waals surface area contributed by atoms with Gasteiger partial charge in [-0.2, -0.15) is 13.2 Å². The van der Waals surface area contributed by atoms with Gasteiger partial charge in [0.2, 0.25) is 15.9 Å². The summed E-state index contributed by atoms with van der Waals surface area (Å²) in [5.74, 6) is 0.247. The predicted octanol–water partition coefficient (Wildman–Crippen LogP) is 6.56. The molecule has 0 radical (unpaired) electrons. The monoisotopic (exact) mass is 610 g/mol. The first kappa shape index (κ1) is 30.0. The number of aromatic nitrogens is 2. The number of benzene rings is 3. The number of alkyl halides is 3. The second-order valence-electron chi connectivity index (χ2n) is 10.4. The van der Waals surface area contributed by atoms with Gasteiger partial charge in [0.05, 0.1) is 11.4 Å². The van der Waals surface area contributed by atoms with Gasteiger partial charge in [0.25, 0.3) is 5.91 Å². The lowest BCUT2D eigenvalue weighted by Gasteiger charge is -2.32. The van der Waals surface area contributed by atoms with Gasteiger partial charge in [-0.1, -0.05) is 48.5 Å². The summed E-state index contributed by atoms with van der Waals surface area (Å²) in [6.45, 7) is 2.85. The molecule has 1 saturated heterocycles. The van der Waals surface area contributed by atoms with Crippen LogP contribution < -0.4 is 9.46 Å². The number of hydrogen-bond acceptors (Lipinski definition) is 6. The van der Waals surface area contributed by atoms with Crippen molar-refractivity contribution in [1.82, 2.24) is 15.1 Å². The normalized spacial score (nSPS) is 14.4. The number of sulfonamides is 1. The van der Waals surface area contributed by atoms with E-state index in [0.29, 0.717) is 41.2 Å². The third-order valence-corrected chi connectivity index (χ3v) is 8.48. The van der Waals surface area contributed by atoms with Crippen molar-refractivity contribution in [2.24, 2.45) is 0 Å². The average Bonchev–Trinajstić information content (AvgIpc) is 2.98. The molecule has 0 bridgehead atoms. The number of nitrogens with one attached hydrogen (secondary N) is 1. The van der Waals surface area contributed by atoms with Crippen molar-refractivity contribution in [3.63, 3.8) is 0 Å². The Morgan fingerprint density at radius 1 is 0.953 bits per heavy atom. The van der Waals surface area contributed by atoms with Gasteiger partial charge in [-0.3, -0.25) is 9.52 Å². The number of aryl methyl sites for hydroxylation is 1. The van der Waals surface area contributed by atoms with Gasteiger partial charge < -0.3 is 9.64 Å². The number of piperidine rings is 1. The van der Waals surface area contributed by atoms with Crippen LogP contribution in [0.2, 0.25) is 0 Å². The van der Waals surface area contributed by atoms with Crippen molar-refractivity contribution in [1.29, 1.82) is 0 Å². The van der Waals surface area contributed by atoms with Crippen molar-refractivity contribution in [3.8, 4) is 11.6 Å². The summed E-state index contributed by atoms with van der Waals surface area (Å²) in [5.41, 5.74) is 2.13. The summed E-state index contributed by atoms with van der Waals surface area (Å²) in [6, 6.07) is 23.1. The lowest BCUT2D eigenvalue weighted by molar-refractivity contribution is -0.141. The molecule has 12 heteroatoms. The minimum Gasteiger partial charge on any atom is -0.438 e. The molecule has 1 fully saturated rings. The number of likely N-dealkylation sites (tertiary alicyclic amines) is 1. The number of ether oxygens (including phenoxy) is 1. The van der Waals surface area contributed by atoms with Gasteiger partial charge in [0.1, 0.15) is 5.75 Å². The van der Waals surface area contributed by atoms with Crippen LogP contribution in [0.5, 0.6) is 11.6 Å². The molecule has 5 rings (SSSR count). The molecule has 0 unspecified atom stereocenters. The molecular formula is C31H29F3N4O4S. The molecule has 4 aromatic rings. The summed E-state index contributed by atoms with van der Waals surface area (Å²) in [5, 5.41) is 6.64. The Morgan fingerprint density at radius 3 is 2.28 bits per heavy atom. The summed E-state index contributed by atoms with van der Waals surface area (Å²) in [7, 11) is -3.67.